The van der Waals surface area contributed by atoms with E-state index in [1.807, 2.05) is 42.5 Å². The number of amides is 1. The van der Waals surface area contributed by atoms with Gasteiger partial charge in [-0.2, -0.15) is 0 Å². The number of hydrogen-bond acceptors (Lipinski definition) is 9. The molecule has 0 aliphatic heterocycles. The minimum atomic E-state index is -3.49. The fourth-order valence-electron chi connectivity index (χ4n) is 4.58. The Bertz CT molecular complexity index is 1910. The Kier molecular flexibility index (Phi) is 11.3. The van der Waals surface area contributed by atoms with Gasteiger partial charge in [-0.3, -0.25) is 4.79 Å². The first-order valence-electron chi connectivity index (χ1n) is 14.5. The maximum Gasteiger partial charge on any atom is 0.344 e. The molecule has 238 valence electrons. The summed E-state index contributed by atoms with van der Waals surface area (Å²) in [7, 11) is -3.49. The zero-order valence-corrected chi connectivity index (χ0v) is 28.1. The zero-order valence-electron chi connectivity index (χ0n) is 24.9. The standard InChI is InChI=1S/C34H31ClN2O6S3/c1-2-42-32(38)21-43-30-17-12-23(8-6-18-46(40,41)27-15-13-26(35)14-16-27)20-29(30)36-33(39)25-9-5-7-24(19-25)22-44-34-37-28-10-3-4-11-31(28)45-34/h3-5,7,9-17,19-20H,2,6,8,18,21-22H2,1H3,(H,36,39). The number of nitrogens with one attached hydrogen (secondary N) is 1. The van der Waals surface area contributed by atoms with Gasteiger partial charge >= 0.3 is 5.97 Å². The van der Waals surface area contributed by atoms with Crippen molar-refractivity contribution in [2.75, 3.05) is 24.3 Å². The first kappa shape index (κ1) is 33.5. The molecule has 0 fully saturated rings. The molecule has 0 aliphatic carbocycles. The number of carbonyl (C=O) groups is 2. The Morgan fingerprint density at radius 2 is 1.76 bits per heavy atom. The van der Waals surface area contributed by atoms with Crippen molar-refractivity contribution in [2.45, 2.75) is 34.8 Å². The van der Waals surface area contributed by atoms with Crippen molar-refractivity contribution in [2.24, 2.45) is 0 Å². The highest BCUT2D eigenvalue weighted by Crippen LogP contribution is 2.32. The number of esters is 1. The topological polar surface area (TPSA) is 112 Å². The molecular weight excluding hydrogens is 664 g/mol. The number of nitrogens with zero attached hydrogens (tertiary/aromatic N) is 1. The molecule has 0 saturated carbocycles. The molecule has 5 aromatic rings. The van der Waals surface area contributed by atoms with E-state index in [9.17, 15) is 18.0 Å². The lowest BCUT2D eigenvalue weighted by molar-refractivity contribution is -0.145. The monoisotopic (exact) mass is 694 g/mol. The number of thiazole rings is 1. The maximum absolute atomic E-state index is 13.4. The predicted molar refractivity (Wildman–Crippen MR) is 184 cm³/mol. The van der Waals surface area contributed by atoms with Crippen molar-refractivity contribution in [3.05, 3.63) is 113 Å². The molecule has 1 aromatic heterocycles. The van der Waals surface area contributed by atoms with Gasteiger partial charge in [-0.1, -0.05) is 53.7 Å². The van der Waals surface area contributed by atoms with Gasteiger partial charge in [0.05, 0.1) is 33.2 Å². The van der Waals surface area contributed by atoms with Gasteiger partial charge in [0.1, 0.15) is 5.75 Å². The molecule has 0 unspecified atom stereocenters. The number of aryl methyl sites for hydroxylation is 1. The van der Waals surface area contributed by atoms with E-state index in [1.165, 1.54) is 12.1 Å². The summed E-state index contributed by atoms with van der Waals surface area (Å²) in [5.74, 6) is -0.00551. The third kappa shape index (κ3) is 9.10. The molecule has 12 heteroatoms. The number of sulfone groups is 1. The number of thioether (sulfide) groups is 1. The molecule has 0 saturated heterocycles. The molecular formula is C34H31ClN2O6S3. The van der Waals surface area contributed by atoms with Gasteiger partial charge in [-0.05, 0) is 91.6 Å². The number of ether oxygens (including phenoxy) is 2. The van der Waals surface area contributed by atoms with Crippen molar-refractivity contribution < 1.29 is 27.5 Å². The van der Waals surface area contributed by atoms with Crippen LogP contribution in [0.1, 0.15) is 34.8 Å². The van der Waals surface area contributed by atoms with Crippen LogP contribution in [0.25, 0.3) is 10.2 Å². The Morgan fingerprint density at radius 1 is 0.957 bits per heavy atom. The molecule has 5 rings (SSSR count). The summed E-state index contributed by atoms with van der Waals surface area (Å²) in [6.07, 6.45) is 0.794. The number of carbonyl (C=O) groups excluding carboxylic acids is 2. The molecule has 8 nitrogen and oxygen atoms in total. The van der Waals surface area contributed by atoms with Crippen molar-refractivity contribution in [3.8, 4) is 5.75 Å². The molecule has 1 amide bonds. The zero-order chi connectivity index (χ0) is 32.5. The number of aromatic nitrogens is 1. The van der Waals surface area contributed by atoms with Gasteiger partial charge < -0.3 is 14.8 Å². The summed E-state index contributed by atoms with van der Waals surface area (Å²) in [4.78, 5) is 30.3. The highest BCUT2D eigenvalue weighted by atomic mass is 35.5. The highest BCUT2D eigenvalue weighted by Gasteiger charge is 2.17. The van der Waals surface area contributed by atoms with Gasteiger partial charge in [0.15, 0.2) is 20.8 Å². The molecule has 4 aromatic carbocycles. The van der Waals surface area contributed by atoms with Crippen LogP contribution in [-0.4, -0.2) is 44.2 Å². The van der Waals surface area contributed by atoms with Crippen molar-refractivity contribution in [1.82, 2.24) is 4.98 Å². The molecule has 0 aliphatic rings. The number of benzene rings is 4. The van der Waals surface area contributed by atoms with Crippen molar-refractivity contribution in [3.63, 3.8) is 0 Å². The minimum absolute atomic E-state index is 0.0563. The van der Waals surface area contributed by atoms with Crippen LogP contribution < -0.4 is 10.1 Å². The van der Waals surface area contributed by atoms with Gasteiger partial charge in [0.2, 0.25) is 0 Å². The molecule has 1 N–H and O–H groups in total. The van der Waals surface area contributed by atoms with Crippen molar-refractivity contribution >= 4 is 72.3 Å². The van der Waals surface area contributed by atoms with E-state index in [0.717, 1.165) is 25.7 Å². The van der Waals surface area contributed by atoms with Crippen LogP contribution in [0.15, 0.2) is 100 Å². The van der Waals surface area contributed by atoms with Gasteiger partial charge in [-0.25, -0.2) is 18.2 Å². The maximum atomic E-state index is 13.4. The van der Waals surface area contributed by atoms with Crippen LogP contribution in [0.5, 0.6) is 5.75 Å². The number of rotatable bonds is 14. The largest absolute Gasteiger partial charge is 0.480 e. The van der Waals surface area contributed by atoms with E-state index in [4.69, 9.17) is 21.1 Å². The van der Waals surface area contributed by atoms with Crippen LogP contribution in [-0.2, 0) is 31.5 Å². The Labute approximate surface area is 281 Å². The van der Waals surface area contributed by atoms with Crippen molar-refractivity contribution in [1.29, 1.82) is 0 Å². The molecule has 0 radical (unpaired) electrons. The van der Waals surface area contributed by atoms with Gasteiger partial charge in [0.25, 0.3) is 5.91 Å². The number of fused-ring (bicyclic) bond motifs is 1. The van der Waals surface area contributed by atoms with E-state index in [0.29, 0.717) is 40.6 Å². The van der Waals surface area contributed by atoms with E-state index in [2.05, 4.69) is 10.3 Å². The molecule has 46 heavy (non-hydrogen) atoms. The summed E-state index contributed by atoms with van der Waals surface area (Å²) in [5, 5.41) is 3.38. The number of halogens is 1. The quantitative estimate of drug-likeness (QED) is 0.0925. The first-order valence-corrected chi connectivity index (χ1v) is 18.3. The van der Waals surface area contributed by atoms with Crippen LogP contribution in [0, 0.1) is 0 Å². The second-order valence-electron chi connectivity index (χ2n) is 10.2. The third-order valence-electron chi connectivity index (χ3n) is 6.82. The van der Waals surface area contributed by atoms with E-state index >= 15 is 0 Å². The molecule has 0 atom stereocenters. The first-order chi connectivity index (χ1) is 22.2. The minimum Gasteiger partial charge on any atom is -0.480 e. The summed E-state index contributed by atoms with van der Waals surface area (Å²) >= 11 is 9.15. The van der Waals surface area contributed by atoms with Crippen LogP contribution in [0.2, 0.25) is 5.02 Å². The van der Waals surface area contributed by atoms with Crippen LogP contribution in [0.4, 0.5) is 5.69 Å². The van der Waals surface area contributed by atoms with E-state index in [-0.39, 0.29) is 29.8 Å². The SMILES string of the molecule is CCOC(=O)COc1ccc(CCCS(=O)(=O)c2ccc(Cl)cc2)cc1NC(=O)c1cccc(CSc2nc3ccccc3s2)c1. The van der Waals surface area contributed by atoms with Crippen LogP contribution in [0.3, 0.4) is 0 Å². The van der Waals surface area contributed by atoms with Crippen LogP contribution >= 0.6 is 34.7 Å². The summed E-state index contributed by atoms with van der Waals surface area (Å²) in [6.45, 7) is 1.60. The highest BCUT2D eigenvalue weighted by molar-refractivity contribution is 8.00. The third-order valence-corrected chi connectivity index (χ3v) is 11.1. The smallest absolute Gasteiger partial charge is 0.344 e. The predicted octanol–water partition coefficient (Wildman–Crippen LogP) is 7.84. The van der Waals surface area contributed by atoms with E-state index < -0.39 is 15.8 Å². The Hall–Kier alpha value is -3.90. The second kappa shape index (κ2) is 15.6. The van der Waals surface area contributed by atoms with E-state index in [1.54, 1.807) is 66.4 Å². The fourth-order valence-corrected chi connectivity index (χ4v) is 8.02. The van der Waals surface area contributed by atoms with Gasteiger partial charge in [-0.15, -0.1) is 11.3 Å². The molecule has 1 heterocycles. The molecule has 0 bridgehead atoms. The number of para-hydroxylation sites is 1. The Balaban J connectivity index is 1.27. The van der Waals surface area contributed by atoms with Gasteiger partial charge in [0, 0.05) is 16.3 Å². The average molecular weight is 695 g/mol. The lowest BCUT2D eigenvalue weighted by atomic mass is 10.1. The summed E-state index contributed by atoms with van der Waals surface area (Å²) in [6, 6.07) is 26.6. The summed E-state index contributed by atoms with van der Waals surface area (Å²) in [5.41, 5.74) is 3.55. The Morgan fingerprint density at radius 3 is 2.54 bits per heavy atom. The number of anilines is 1. The normalized spacial score (nSPS) is 11.3. The lowest BCUT2D eigenvalue weighted by Crippen LogP contribution is -2.17. The second-order valence-corrected chi connectivity index (χ2v) is 15.0. The lowest BCUT2D eigenvalue weighted by Gasteiger charge is -2.14. The summed E-state index contributed by atoms with van der Waals surface area (Å²) < 4.78 is 38.3. The molecule has 0 spiro atoms. The fraction of sp³-hybridized carbons (Fsp3) is 0.206. The average Bonchev–Trinajstić information content (AvgIpc) is 3.47. The number of hydrogen-bond donors (Lipinski definition) is 1.